The van der Waals surface area contributed by atoms with E-state index in [0.29, 0.717) is 11.1 Å². The Kier molecular flexibility index (Phi) is 7.50. The second-order valence-corrected chi connectivity index (χ2v) is 11.8. The summed E-state index contributed by atoms with van der Waals surface area (Å²) in [5, 5.41) is 3.74. The molecule has 4 nitrogen and oxygen atoms in total. The summed E-state index contributed by atoms with van der Waals surface area (Å²) < 4.78 is 97.9. The summed E-state index contributed by atoms with van der Waals surface area (Å²) in [5.41, 5.74) is -2.91. The van der Waals surface area contributed by atoms with Gasteiger partial charge in [0.2, 0.25) is 0 Å². The molecule has 2 atom stereocenters. The molecule has 0 radical (unpaired) electrons. The van der Waals surface area contributed by atoms with Crippen LogP contribution in [-0.4, -0.2) is 22.4 Å². The van der Waals surface area contributed by atoms with Crippen LogP contribution in [0.3, 0.4) is 0 Å². The average molecular weight is 595 g/mol. The predicted molar refractivity (Wildman–Crippen MR) is 133 cm³/mol. The molecule has 4 rings (SSSR count). The maximum absolute atomic E-state index is 14.2. The molecule has 1 aliphatic rings. The molecule has 13 heteroatoms. The fraction of sp³-hybridized carbons (Fsp3) is 0.240. The molecule has 38 heavy (non-hydrogen) atoms. The van der Waals surface area contributed by atoms with Crippen LogP contribution in [0, 0.1) is 0 Å². The Morgan fingerprint density at radius 1 is 0.947 bits per heavy atom. The molecule has 2 unspecified atom stereocenters. The molecule has 3 aromatic carbocycles. The number of nitrogens with zero attached hydrogens (tertiary/aromatic N) is 2. The third kappa shape index (κ3) is 5.79. The normalized spacial score (nSPS) is 19.4. The number of hydrogen-bond acceptors (Lipinski definition) is 4. The minimum absolute atomic E-state index is 0.0186. The first-order chi connectivity index (χ1) is 17.6. The summed E-state index contributed by atoms with van der Waals surface area (Å²) in [6, 6.07) is 13.7. The fourth-order valence-electron chi connectivity index (χ4n) is 3.82. The number of oxime groups is 1. The van der Waals surface area contributed by atoms with Crippen molar-refractivity contribution >= 4 is 38.6 Å². The summed E-state index contributed by atoms with van der Waals surface area (Å²) >= 11 is 11.8. The topological polar surface area (TPSA) is 51.0 Å². The van der Waals surface area contributed by atoms with Gasteiger partial charge in [0.1, 0.15) is 0 Å². The van der Waals surface area contributed by atoms with Gasteiger partial charge < -0.3 is 4.84 Å². The Labute approximate surface area is 224 Å². The monoisotopic (exact) mass is 594 g/mol. The summed E-state index contributed by atoms with van der Waals surface area (Å²) in [6.45, 7) is -0.0346. The predicted octanol–water partition coefficient (Wildman–Crippen LogP) is 8.25. The smallest absolute Gasteiger partial charge is 0.374 e. The van der Waals surface area contributed by atoms with E-state index in [4.69, 9.17) is 28.0 Å². The van der Waals surface area contributed by atoms with E-state index in [1.54, 1.807) is 12.1 Å². The van der Waals surface area contributed by atoms with Crippen LogP contribution in [0.5, 0.6) is 0 Å². The highest BCUT2D eigenvalue weighted by Crippen LogP contribution is 2.49. The summed E-state index contributed by atoms with van der Waals surface area (Å²) in [5.74, 6) is 0. The van der Waals surface area contributed by atoms with Gasteiger partial charge in [-0.3, -0.25) is 0 Å². The van der Waals surface area contributed by atoms with Gasteiger partial charge in [-0.1, -0.05) is 52.6 Å². The van der Waals surface area contributed by atoms with Gasteiger partial charge >= 0.3 is 12.4 Å². The molecule has 0 saturated heterocycles. The van der Waals surface area contributed by atoms with E-state index in [1.165, 1.54) is 24.5 Å². The molecule has 0 bridgehead atoms. The Balaban J connectivity index is 1.52. The van der Waals surface area contributed by atoms with Crippen LogP contribution < -0.4 is 0 Å². The van der Waals surface area contributed by atoms with Gasteiger partial charge in [0.15, 0.2) is 0 Å². The van der Waals surface area contributed by atoms with Crippen molar-refractivity contribution in [1.29, 1.82) is 0 Å². The lowest BCUT2D eigenvalue weighted by Crippen LogP contribution is -2.42. The maximum Gasteiger partial charge on any atom is 0.435 e. The molecular formula is C25H18Cl2F6N2O2S. The van der Waals surface area contributed by atoms with Crippen molar-refractivity contribution in [2.75, 3.05) is 6.26 Å². The van der Waals surface area contributed by atoms with E-state index in [-0.39, 0.29) is 32.8 Å². The van der Waals surface area contributed by atoms with Crippen molar-refractivity contribution in [2.24, 2.45) is 9.52 Å². The molecule has 1 heterocycles. The van der Waals surface area contributed by atoms with Crippen molar-refractivity contribution in [3.63, 3.8) is 0 Å². The van der Waals surface area contributed by atoms with Crippen LogP contribution >= 0.6 is 23.2 Å². The van der Waals surface area contributed by atoms with Crippen LogP contribution in [0.1, 0.15) is 28.7 Å². The number of hydrogen-bond donors (Lipinski definition) is 0. The highest BCUT2D eigenvalue weighted by atomic mass is 35.5. The molecule has 1 aliphatic heterocycles. The molecule has 0 aromatic heterocycles. The van der Waals surface area contributed by atoms with Gasteiger partial charge in [-0.05, 0) is 53.6 Å². The highest BCUT2D eigenvalue weighted by molar-refractivity contribution is 7.93. The van der Waals surface area contributed by atoms with Crippen molar-refractivity contribution in [2.45, 2.75) is 35.8 Å². The zero-order valence-corrected chi connectivity index (χ0v) is 21.7. The quantitative estimate of drug-likeness (QED) is 0.279. The zero-order valence-electron chi connectivity index (χ0n) is 19.4. The Hall–Kier alpha value is -2.76. The number of rotatable bonds is 5. The van der Waals surface area contributed by atoms with Crippen molar-refractivity contribution in [3.8, 4) is 0 Å². The lowest BCUT2D eigenvalue weighted by molar-refractivity contribution is -0.275. The zero-order chi connectivity index (χ0) is 27.9. The van der Waals surface area contributed by atoms with Gasteiger partial charge in [0.25, 0.3) is 5.60 Å². The van der Waals surface area contributed by atoms with Gasteiger partial charge in [-0.15, -0.1) is 0 Å². The standard InChI is InChI=1S/C25H18Cl2F6N2O2S/c1-38(36,21-8-6-17(7-9-21)24(28,29)30)34-14-15-2-4-16(5-3-15)22-13-23(37-35-22,25(31,32)33)18-10-19(26)12-20(27)11-18/h2-12H,13-14H2,1H3. The van der Waals surface area contributed by atoms with Gasteiger partial charge in [-0.2, -0.15) is 26.3 Å². The maximum atomic E-state index is 14.2. The first kappa shape index (κ1) is 28.3. The second-order valence-electron chi connectivity index (χ2n) is 8.60. The largest absolute Gasteiger partial charge is 0.435 e. The van der Waals surface area contributed by atoms with Crippen LogP contribution in [0.2, 0.25) is 10.0 Å². The molecule has 0 fully saturated rings. The van der Waals surface area contributed by atoms with Gasteiger partial charge in [0, 0.05) is 33.2 Å². The molecular weight excluding hydrogens is 577 g/mol. The van der Waals surface area contributed by atoms with E-state index in [0.717, 1.165) is 36.4 Å². The van der Waals surface area contributed by atoms with Crippen LogP contribution in [0.4, 0.5) is 26.3 Å². The Bertz CT molecular complexity index is 1480. The molecule has 0 aliphatic carbocycles. The van der Waals surface area contributed by atoms with Crippen molar-refractivity contribution in [3.05, 3.63) is 99.0 Å². The first-order valence-electron chi connectivity index (χ1n) is 10.8. The fourth-order valence-corrected chi connectivity index (χ4v) is 5.53. The lowest BCUT2D eigenvalue weighted by atomic mass is 9.86. The van der Waals surface area contributed by atoms with Crippen molar-refractivity contribution in [1.82, 2.24) is 0 Å². The summed E-state index contributed by atoms with van der Waals surface area (Å²) in [4.78, 5) is 5.13. The summed E-state index contributed by atoms with van der Waals surface area (Å²) in [7, 11) is -3.00. The Morgan fingerprint density at radius 2 is 1.53 bits per heavy atom. The van der Waals surface area contributed by atoms with Crippen LogP contribution in [-0.2, 0) is 32.9 Å². The molecule has 0 N–H and O–H groups in total. The van der Waals surface area contributed by atoms with Crippen LogP contribution in [0.25, 0.3) is 0 Å². The van der Waals surface area contributed by atoms with Crippen LogP contribution in [0.15, 0.2) is 81.1 Å². The number of halogens is 8. The Morgan fingerprint density at radius 3 is 2.05 bits per heavy atom. The van der Waals surface area contributed by atoms with E-state index in [9.17, 15) is 30.6 Å². The number of benzene rings is 3. The lowest BCUT2D eigenvalue weighted by Gasteiger charge is -2.29. The first-order valence-corrected chi connectivity index (χ1v) is 13.5. The minimum atomic E-state index is -4.83. The highest BCUT2D eigenvalue weighted by Gasteiger charge is 2.62. The molecule has 202 valence electrons. The second kappa shape index (κ2) is 10.1. The van der Waals surface area contributed by atoms with Gasteiger partial charge in [0.05, 0.1) is 27.5 Å². The van der Waals surface area contributed by atoms with E-state index in [1.807, 2.05) is 0 Å². The molecule has 0 amide bonds. The molecule has 0 saturated carbocycles. The van der Waals surface area contributed by atoms with Gasteiger partial charge in [-0.25, -0.2) is 8.57 Å². The van der Waals surface area contributed by atoms with Crippen molar-refractivity contribution < 1.29 is 35.4 Å². The number of alkyl halides is 6. The summed E-state index contributed by atoms with van der Waals surface area (Å²) in [6.07, 6.45) is -8.65. The minimum Gasteiger partial charge on any atom is -0.374 e. The molecule has 3 aromatic rings. The van der Waals surface area contributed by atoms with E-state index in [2.05, 4.69) is 9.52 Å². The van der Waals surface area contributed by atoms with E-state index < -0.39 is 39.7 Å². The average Bonchev–Trinajstić information content (AvgIpc) is 3.29. The third-order valence-corrected chi connectivity index (χ3v) is 8.12. The van der Waals surface area contributed by atoms with E-state index >= 15 is 0 Å². The third-order valence-electron chi connectivity index (χ3n) is 5.91. The molecule has 0 spiro atoms. The SMILES string of the molecule is CS(=O)(=NCc1ccc(C2=NOC(c3cc(Cl)cc(Cl)c3)(C(F)(F)F)C2)cc1)c1ccc(C(F)(F)F)cc1.